The van der Waals surface area contributed by atoms with Crippen LogP contribution < -0.4 is 9.86 Å². The van der Waals surface area contributed by atoms with Gasteiger partial charge in [0.05, 0.1) is 4.90 Å². The molecule has 6 nitrogen and oxygen atoms in total. The Morgan fingerprint density at radius 3 is 2.38 bits per heavy atom. The highest BCUT2D eigenvalue weighted by Crippen LogP contribution is 2.22. The Labute approximate surface area is 144 Å². The monoisotopic (exact) mass is 392 g/mol. The average molecular weight is 393 g/mol. The molecule has 130 valence electrons. The Bertz CT molecular complexity index is 978. The van der Waals surface area contributed by atoms with Crippen molar-refractivity contribution in [1.29, 1.82) is 0 Å². The van der Waals surface area contributed by atoms with Crippen LogP contribution in [0.15, 0.2) is 52.3 Å². The molecule has 2 aromatic rings. The van der Waals surface area contributed by atoms with Crippen molar-refractivity contribution in [2.45, 2.75) is 22.8 Å². The van der Waals surface area contributed by atoms with Gasteiger partial charge in [-0.1, -0.05) is 23.7 Å². The molecule has 0 spiro atoms. The van der Waals surface area contributed by atoms with Crippen molar-refractivity contribution in [1.82, 2.24) is 4.72 Å². The largest absolute Gasteiger partial charge is 0.244 e. The fourth-order valence-corrected chi connectivity index (χ4v) is 4.04. The summed E-state index contributed by atoms with van der Waals surface area (Å²) in [5.74, 6) is -0.986. The molecule has 0 fully saturated rings. The van der Waals surface area contributed by atoms with Gasteiger partial charge in [0, 0.05) is 11.1 Å². The number of hydrogen-bond acceptors (Lipinski definition) is 4. The average Bonchev–Trinajstić information content (AvgIpc) is 2.45. The highest BCUT2D eigenvalue weighted by atomic mass is 35.5. The molecule has 0 bridgehead atoms. The third-order valence-electron chi connectivity index (χ3n) is 3.20. The Hall–Kier alpha value is -1.52. The first-order chi connectivity index (χ1) is 11.0. The lowest BCUT2D eigenvalue weighted by Gasteiger charge is -2.16. The van der Waals surface area contributed by atoms with Crippen LogP contribution in [0, 0.1) is 5.82 Å². The number of halogens is 2. The quantitative estimate of drug-likeness (QED) is 0.813. The second-order valence-electron chi connectivity index (χ2n) is 5.04. The minimum atomic E-state index is -4.17. The van der Waals surface area contributed by atoms with Crippen LogP contribution in [0.5, 0.6) is 0 Å². The van der Waals surface area contributed by atoms with E-state index in [9.17, 15) is 21.2 Å². The number of nitrogens with two attached hydrogens (primary N) is 1. The predicted molar refractivity (Wildman–Crippen MR) is 88.0 cm³/mol. The van der Waals surface area contributed by atoms with E-state index >= 15 is 0 Å². The summed E-state index contributed by atoms with van der Waals surface area (Å²) in [5, 5.41) is 5.12. The highest BCUT2D eigenvalue weighted by Gasteiger charge is 2.22. The zero-order valence-electron chi connectivity index (χ0n) is 12.4. The number of sulfonamides is 2. The molecule has 0 saturated carbocycles. The second-order valence-corrected chi connectivity index (χ2v) is 8.72. The van der Waals surface area contributed by atoms with Gasteiger partial charge < -0.3 is 0 Å². The van der Waals surface area contributed by atoms with Gasteiger partial charge in [0.25, 0.3) is 0 Å². The molecule has 0 amide bonds. The van der Waals surface area contributed by atoms with E-state index in [0.717, 1.165) is 12.1 Å². The fraction of sp³-hybridized carbons (Fsp3) is 0.143. The van der Waals surface area contributed by atoms with Crippen molar-refractivity contribution in [3.63, 3.8) is 0 Å². The van der Waals surface area contributed by atoms with E-state index in [-0.39, 0.29) is 9.92 Å². The van der Waals surface area contributed by atoms with E-state index in [1.165, 1.54) is 37.3 Å². The zero-order chi connectivity index (χ0) is 18.1. The van der Waals surface area contributed by atoms with Crippen molar-refractivity contribution in [2.75, 3.05) is 0 Å². The Morgan fingerprint density at radius 2 is 1.79 bits per heavy atom. The van der Waals surface area contributed by atoms with Gasteiger partial charge in [0.1, 0.15) is 10.7 Å². The Kier molecular flexibility index (Phi) is 5.31. The molecule has 24 heavy (non-hydrogen) atoms. The first-order valence-corrected chi connectivity index (χ1v) is 10.0. The number of rotatable bonds is 5. The fourth-order valence-electron chi connectivity index (χ4n) is 2.02. The van der Waals surface area contributed by atoms with Gasteiger partial charge in [-0.3, -0.25) is 0 Å². The van der Waals surface area contributed by atoms with Gasteiger partial charge in [0.15, 0.2) is 0 Å². The lowest BCUT2D eigenvalue weighted by Crippen LogP contribution is -2.27. The minimum absolute atomic E-state index is 0.0698. The molecule has 0 aliphatic carbocycles. The second kappa shape index (κ2) is 6.77. The van der Waals surface area contributed by atoms with Gasteiger partial charge in [0.2, 0.25) is 20.0 Å². The van der Waals surface area contributed by atoms with E-state index in [1.54, 1.807) is 0 Å². The van der Waals surface area contributed by atoms with Crippen LogP contribution in [0.3, 0.4) is 0 Å². The van der Waals surface area contributed by atoms with Gasteiger partial charge in [-0.15, -0.1) is 0 Å². The van der Waals surface area contributed by atoms with Gasteiger partial charge in [-0.2, -0.15) is 0 Å². The molecule has 0 saturated heterocycles. The summed E-state index contributed by atoms with van der Waals surface area (Å²) < 4.78 is 63.4. The maximum absolute atomic E-state index is 13.8. The molecule has 2 rings (SSSR count). The summed E-state index contributed by atoms with van der Waals surface area (Å²) in [5.41, 5.74) is 0.361. The van der Waals surface area contributed by atoms with Crippen LogP contribution in [0.2, 0.25) is 5.02 Å². The molecule has 0 aliphatic heterocycles. The van der Waals surface area contributed by atoms with E-state index in [4.69, 9.17) is 16.7 Å². The Morgan fingerprint density at radius 1 is 1.12 bits per heavy atom. The summed E-state index contributed by atoms with van der Waals surface area (Å²) in [7, 11) is -8.09. The van der Waals surface area contributed by atoms with Crippen molar-refractivity contribution in [2.24, 2.45) is 5.14 Å². The van der Waals surface area contributed by atoms with Crippen LogP contribution in [-0.4, -0.2) is 16.8 Å². The smallest absolute Gasteiger partial charge is 0.225 e. The van der Waals surface area contributed by atoms with Gasteiger partial charge in [-0.25, -0.2) is 31.1 Å². The Balaban J connectivity index is 2.33. The van der Waals surface area contributed by atoms with Gasteiger partial charge in [-0.05, 0) is 42.8 Å². The normalized spacial score (nSPS) is 13.7. The first-order valence-electron chi connectivity index (χ1n) is 6.61. The summed E-state index contributed by atoms with van der Waals surface area (Å²) in [6.07, 6.45) is 0. The predicted octanol–water partition coefficient (Wildman–Crippen LogP) is 2.17. The van der Waals surface area contributed by atoms with Crippen molar-refractivity contribution in [3.8, 4) is 0 Å². The summed E-state index contributed by atoms with van der Waals surface area (Å²) in [6, 6.07) is 7.89. The number of nitrogens with one attached hydrogen (secondary N) is 1. The molecule has 0 heterocycles. The van der Waals surface area contributed by atoms with Crippen molar-refractivity contribution in [3.05, 3.63) is 58.9 Å². The van der Waals surface area contributed by atoms with E-state index < -0.39 is 36.8 Å². The van der Waals surface area contributed by atoms with E-state index in [2.05, 4.69) is 4.72 Å². The SMILES string of the molecule is CC(NS(=O)(=O)c1ccc(Cl)cc1F)c1cccc(S(N)(=O)=O)c1. The molecule has 0 aromatic heterocycles. The van der Waals surface area contributed by atoms with Gasteiger partial charge >= 0.3 is 0 Å². The molecule has 1 unspecified atom stereocenters. The number of benzene rings is 2. The molecule has 1 atom stereocenters. The molecule has 3 N–H and O–H groups in total. The lowest BCUT2D eigenvalue weighted by molar-refractivity contribution is 0.547. The summed E-state index contributed by atoms with van der Waals surface area (Å²) >= 11 is 5.60. The van der Waals surface area contributed by atoms with Crippen molar-refractivity contribution >= 4 is 31.6 Å². The third kappa shape index (κ3) is 4.31. The van der Waals surface area contributed by atoms with Crippen LogP contribution in [0.25, 0.3) is 0 Å². The molecular formula is C14H14ClFN2O4S2. The number of hydrogen-bond donors (Lipinski definition) is 2. The molecule has 0 aliphatic rings. The van der Waals surface area contributed by atoms with Crippen LogP contribution in [0.1, 0.15) is 18.5 Å². The molecule has 10 heteroatoms. The first kappa shape index (κ1) is 18.8. The summed E-state index contributed by atoms with van der Waals surface area (Å²) in [4.78, 5) is -0.704. The van der Waals surface area contributed by atoms with Crippen LogP contribution in [-0.2, 0) is 20.0 Å². The topological polar surface area (TPSA) is 106 Å². The van der Waals surface area contributed by atoms with Crippen LogP contribution in [0.4, 0.5) is 4.39 Å². The van der Waals surface area contributed by atoms with E-state index in [1.807, 2.05) is 0 Å². The third-order valence-corrected chi connectivity index (χ3v) is 5.92. The van der Waals surface area contributed by atoms with E-state index in [0.29, 0.717) is 5.56 Å². The molecule has 0 radical (unpaired) electrons. The van der Waals surface area contributed by atoms with Crippen molar-refractivity contribution < 1.29 is 21.2 Å². The zero-order valence-corrected chi connectivity index (χ0v) is 14.8. The lowest BCUT2D eigenvalue weighted by atomic mass is 10.1. The summed E-state index contributed by atoms with van der Waals surface area (Å²) in [6.45, 7) is 1.49. The standard InChI is InChI=1S/C14H14ClFN2O4S2/c1-9(10-3-2-4-12(7-10)23(17,19)20)18-24(21,22)14-6-5-11(15)8-13(14)16/h2-9,18H,1H3,(H2,17,19,20). The molecule has 2 aromatic carbocycles. The number of primary sulfonamides is 1. The molecular weight excluding hydrogens is 379 g/mol. The highest BCUT2D eigenvalue weighted by molar-refractivity contribution is 7.89. The maximum Gasteiger partial charge on any atom is 0.244 e. The van der Waals surface area contributed by atoms with Crippen LogP contribution >= 0.6 is 11.6 Å². The maximum atomic E-state index is 13.8. The minimum Gasteiger partial charge on any atom is -0.225 e.